The van der Waals surface area contributed by atoms with Gasteiger partial charge in [-0.15, -0.1) is 11.8 Å². The first-order valence-electron chi connectivity index (χ1n) is 7.15. The topological polar surface area (TPSA) is 46.2 Å². The lowest BCUT2D eigenvalue weighted by molar-refractivity contribution is 0.158. The van der Waals surface area contributed by atoms with Crippen molar-refractivity contribution >= 4 is 11.8 Å². The average molecular weight is 279 g/mol. The number of rotatable bonds is 5. The maximum Gasteiger partial charge on any atom is 0.0613 e. The van der Waals surface area contributed by atoms with Gasteiger partial charge >= 0.3 is 0 Å². The van der Waals surface area contributed by atoms with Gasteiger partial charge in [0.25, 0.3) is 0 Å². The summed E-state index contributed by atoms with van der Waals surface area (Å²) in [6.07, 6.45) is 4.41. The summed E-state index contributed by atoms with van der Waals surface area (Å²) in [7, 11) is 0. The van der Waals surface area contributed by atoms with Crippen LogP contribution in [0.25, 0.3) is 0 Å². The Morgan fingerprint density at radius 3 is 2.95 bits per heavy atom. The molecule has 0 bridgehead atoms. The maximum absolute atomic E-state index is 9.46. The zero-order chi connectivity index (χ0) is 13.9. The minimum atomic E-state index is -0.317. The SMILES string of the molecule is Cc1ccc(C)c(SCCC2CCCC2(N)CO)c1. The molecular weight excluding hydrogens is 254 g/mol. The third-order valence-electron chi connectivity index (χ3n) is 4.37. The molecule has 1 fully saturated rings. The third kappa shape index (κ3) is 3.53. The zero-order valence-electron chi connectivity index (χ0n) is 12.0. The molecule has 2 atom stereocenters. The fourth-order valence-corrected chi connectivity index (χ4v) is 4.17. The lowest BCUT2D eigenvalue weighted by atomic mass is 9.87. The Labute approximate surface area is 120 Å². The van der Waals surface area contributed by atoms with Crippen molar-refractivity contribution in [1.82, 2.24) is 0 Å². The Bertz CT molecular complexity index is 435. The summed E-state index contributed by atoms with van der Waals surface area (Å²) in [4.78, 5) is 1.38. The number of nitrogens with two attached hydrogens (primary N) is 1. The molecule has 0 spiro atoms. The van der Waals surface area contributed by atoms with E-state index in [2.05, 4.69) is 32.0 Å². The van der Waals surface area contributed by atoms with Gasteiger partial charge in [0.2, 0.25) is 0 Å². The number of aliphatic hydroxyl groups is 1. The second kappa shape index (κ2) is 6.29. The highest BCUT2D eigenvalue weighted by atomic mass is 32.2. The lowest BCUT2D eigenvalue weighted by Gasteiger charge is -2.29. The minimum absolute atomic E-state index is 0.131. The van der Waals surface area contributed by atoms with Gasteiger partial charge in [0.1, 0.15) is 0 Å². The van der Waals surface area contributed by atoms with Crippen molar-refractivity contribution < 1.29 is 5.11 Å². The molecule has 19 heavy (non-hydrogen) atoms. The molecule has 2 unspecified atom stereocenters. The van der Waals surface area contributed by atoms with Gasteiger partial charge < -0.3 is 10.8 Å². The molecule has 3 N–H and O–H groups in total. The normalized spacial score (nSPS) is 26.8. The summed E-state index contributed by atoms with van der Waals surface area (Å²) in [6, 6.07) is 6.61. The van der Waals surface area contributed by atoms with E-state index in [4.69, 9.17) is 5.73 Å². The number of thioether (sulfide) groups is 1. The summed E-state index contributed by atoms with van der Waals surface area (Å²) in [5, 5.41) is 9.46. The quantitative estimate of drug-likeness (QED) is 0.813. The molecule has 0 aliphatic heterocycles. The fourth-order valence-electron chi connectivity index (χ4n) is 2.98. The van der Waals surface area contributed by atoms with Crippen LogP contribution in [0.2, 0.25) is 0 Å². The number of hydrogen-bond acceptors (Lipinski definition) is 3. The summed E-state index contributed by atoms with van der Waals surface area (Å²) in [6.45, 7) is 4.43. The molecule has 2 rings (SSSR count). The predicted molar refractivity (Wildman–Crippen MR) is 82.6 cm³/mol. The van der Waals surface area contributed by atoms with E-state index in [-0.39, 0.29) is 12.1 Å². The van der Waals surface area contributed by atoms with E-state index in [1.54, 1.807) is 0 Å². The Kier molecular flexibility index (Phi) is 4.93. The van der Waals surface area contributed by atoms with Gasteiger partial charge in [0.15, 0.2) is 0 Å². The van der Waals surface area contributed by atoms with Gasteiger partial charge in [0.05, 0.1) is 6.61 Å². The molecular formula is C16H25NOS. The van der Waals surface area contributed by atoms with Gasteiger partial charge in [-0.3, -0.25) is 0 Å². The van der Waals surface area contributed by atoms with E-state index >= 15 is 0 Å². The summed E-state index contributed by atoms with van der Waals surface area (Å²) in [5.41, 5.74) is 8.63. The molecule has 1 aromatic rings. The van der Waals surface area contributed by atoms with Gasteiger partial charge in [-0.25, -0.2) is 0 Å². The van der Waals surface area contributed by atoms with E-state index in [1.165, 1.54) is 22.4 Å². The predicted octanol–water partition coefficient (Wildman–Crippen LogP) is 3.28. The molecule has 0 heterocycles. The van der Waals surface area contributed by atoms with Crippen molar-refractivity contribution in [1.29, 1.82) is 0 Å². The molecule has 3 heteroatoms. The first-order chi connectivity index (χ1) is 9.05. The smallest absolute Gasteiger partial charge is 0.0613 e. The van der Waals surface area contributed by atoms with Crippen LogP contribution >= 0.6 is 11.8 Å². The highest BCUT2D eigenvalue weighted by Crippen LogP contribution is 2.37. The van der Waals surface area contributed by atoms with E-state index < -0.39 is 0 Å². The second-order valence-electron chi connectivity index (χ2n) is 5.89. The number of aryl methyl sites for hydroxylation is 2. The van der Waals surface area contributed by atoms with Crippen molar-refractivity contribution in [3.63, 3.8) is 0 Å². The molecule has 1 aliphatic carbocycles. The summed E-state index contributed by atoms with van der Waals surface area (Å²) < 4.78 is 0. The molecule has 1 aromatic carbocycles. The average Bonchev–Trinajstić information content (AvgIpc) is 2.76. The Balaban J connectivity index is 1.88. The number of benzene rings is 1. The van der Waals surface area contributed by atoms with Gasteiger partial charge in [-0.05, 0) is 56.4 Å². The third-order valence-corrected chi connectivity index (χ3v) is 5.56. The zero-order valence-corrected chi connectivity index (χ0v) is 12.8. The van der Waals surface area contributed by atoms with E-state index in [1.807, 2.05) is 11.8 Å². The van der Waals surface area contributed by atoms with Crippen LogP contribution in [0.3, 0.4) is 0 Å². The molecule has 0 radical (unpaired) electrons. The first kappa shape index (κ1) is 14.9. The van der Waals surface area contributed by atoms with E-state index in [9.17, 15) is 5.11 Å². The van der Waals surface area contributed by atoms with Crippen LogP contribution in [0.1, 0.15) is 36.8 Å². The first-order valence-corrected chi connectivity index (χ1v) is 8.13. The molecule has 1 saturated carbocycles. The molecule has 0 saturated heterocycles. The van der Waals surface area contributed by atoms with Crippen LogP contribution in [-0.4, -0.2) is 23.0 Å². The van der Waals surface area contributed by atoms with Crippen molar-refractivity contribution in [3.8, 4) is 0 Å². The van der Waals surface area contributed by atoms with Gasteiger partial charge in [-0.2, -0.15) is 0 Å². The van der Waals surface area contributed by atoms with Crippen LogP contribution in [-0.2, 0) is 0 Å². The maximum atomic E-state index is 9.46. The van der Waals surface area contributed by atoms with Crippen molar-refractivity contribution in [2.75, 3.05) is 12.4 Å². The van der Waals surface area contributed by atoms with Crippen molar-refractivity contribution in [3.05, 3.63) is 29.3 Å². The standard InChI is InChI=1S/C16H25NOS/c1-12-5-6-13(2)15(10-12)19-9-7-14-4-3-8-16(14,17)11-18/h5-6,10,14,18H,3-4,7-9,11,17H2,1-2H3. The van der Waals surface area contributed by atoms with E-state index in [0.717, 1.165) is 25.0 Å². The van der Waals surface area contributed by atoms with Crippen LogP contribution in [0, 0.1) is 19.8 Å². The molecule has 106 valence electrons. The molecule has 1 aliphatic rings. The molecule has 0 aromatic heterocycles. The number of hydrogen-bond donors (Lipinski definition) is 2. The Morgan fingerprint density at radius 1 is 1.42 bits per heavy atom. The number of aliphatic hydroxyl groups excluding tert-OH is 1. The van der Waals surface area contributed by atoms with Crippen LogP contribution in [0.4, 0.5) is 0 Å². The van der Waals surface area contributed by atoms with Crippen LogP contribution in [0.5, 0.6) is 0 Å². The molecule has 0 amide bonds. The largest absolute Gasteiger partial charge is 0.394 e. The Hall–Kier alpha value is -0.510. The van der Waals surface area contributed by atoms with E-state index in [0.29, 0.717) is 5.92 Å². The minimum Gasteiger partial charge on any atom is -0.394 e. The molecule has 2 nitrogen and oxygen atoms in total. The van der Waals surface area contributed by atoms with Crippen molar-refractivity contribution in [2.45, 2.75) is 50.0 Å². The fraction of sp³-hybridized carbons (Fsp3) is 0.625. The van der Waals surface area contributed by atoms with Crippen LogP contribution < -0.4 is 5.73 Å². The highest BCUT2D eigenvalue weighted by molar-refractivity contribution is 7.99. The lowest BCUT2D eigenvalue weighted by Crippen LogP contribution is -2.47. The van der Waals surface area contributed by atoms with Crippen molar-refractivity contribution in [2.24, 2.45) is 11.7 Å². The summed E-state index contributed by atoms with van der Waals surface area (Å²) >= 11 is 1.92. The van der Waals surface area contributed by atoms with Crippen LogP contribution in [0.15, 0.2) is 23.1 Å². The monoisotopic (exact) mass is 279 g/mol. The van der Waals surface area contributed by atoms with Gasteiger partial charge in [-0.1, -0.05) is 24.1 Å². The Morgan fingerprint density at radius 2 is 2.21 bits per heavy atom. The van der Waals surface area contributed by atoms with Gasteiger partial charge in [0, 0.05) is 10.4 Å². The highest BCUT2D eigenvalue weighted by Gasteiger charge is 2.38. The summed E-state index contributed by atoms with van der Waals surface area (Å²) in [5.74, 6) is 1.57. The second-order valence-corrected chi connectivity index (χ2v) is 7.02.